The first-order valence-electron chi connectivity index (χ1n) is 5.82. The monoisotopic (exact) mass is 274 g/mol. The maximum Gasteiger partial charge on any atom is 0.416 e. The number of carbonyl (C=O) groups is 1. The molecule has 3 N–H and O–H groups in total. The first-order chi connectivity index (χ1) is 8.88. The number of hydrogen-bond acceptors (Lipinski definition) is 3. The van der Waals surface area contributed by atoms with E-state index in [2.05, 4.69) is 10.6 Å². The molecule has 4 nitrogen and oxygen atoms in total. The van der Waals surface area contributed by atoms with Gasteiger partial charge in [-0.25, -0.2) is 0 Å². The molecule has 104 valence electrons. The van der Waals surface area contributed by atoms with Gasteiger partial charge in [-0.05, 0) is 37.6 Å². The number of anilines is 1. The van der Waals surface area contributed by atoms with Crippen molar-refractivity contribution in [1.82, 2.24) is 5.32 Å². The molecule has 19 heavy (non-hydrogen) atoms. The zero-order chi connectivity index (χ0) is 14.0. The highest BCUT2D eigenvalue weighted by Gasteiger charge is 2.31. The third-order valence-corrected chi connectivity index (χ3v) is 2.96. The van der Waals surface area contributed by atoms with E-state index in [1.165, 1.54) is 0 Å². The fourth-order valence-electron chi connectivity index (χ4n) is 1.94. The second-order valence-electron chi connectivity index (χ2n) is 4.37. The maximum atomic E-state index is 12.5. The Morgan fingerprint density at radius 2 is 2.16 bits per heavy atom. The van der Waals surface area contributed by atoms with Crippen LogP contribution in [-0.4, -0.2) is 23.6 Å². The molecule has 1 heterocycles. The van der Waals surface area contributed by atoms with E-state index in [0.717, 1.165) is 24.6 Å². The summed E-state index contributed by atoms with van der Waals surface area (Å²) in [5.41, 5.74) is -1.14. The first-order valence-corrected chi connectivity index (χ1v) is 5.82. The van der Waals surface area contributed by atoms with E-state index in [4.69, 9.17) is 0 Å². The predicted octanol–water partition coefficient (Wildman–Crippen LogP) is 2.10. The Hall–Kier alpha value is -1.76. The lowest BCUT2D eigenvalue weighted by Gasteiger charge is -2.14. The van der Waals surface area contributed by atoms with Crippen LogP contribution >= 0.6 is 0 Å². The van der Waals surface area contributed by atoms with Crippen LogP contribution in [0.5, 0.6) is 5.75 Å². The summed E-state index contributed by atoms with van der Waals surface area (Å²) < 4.78 is 37.6. The molecule has 2 rings (SSSR count). The number of rotatable bonds is 2. The molecule has 1 aromatic carbocycles. The Balaban J connectivity index is 2.17. The average Bonchev–Trinajstić information content (AvgIpc) is 2.84. The Morgan fingerprint density at radius 1 is 1.42 bits per heavy atom. The van der Waals surface area contributed by atoms with E-state index in [0.29, 0.717) is 13.0 Å². The van der Waals surface area contributed by atoms with Gasteiger partial charge < -0.3 is 15.7 Å². The third kappa shape index (κ3) is 3.17. The normalized spacial score (nSPS) is 19.4. The van der Waals surface area contributed by atoms with E-state index in [1.807, 2.05) is 0 Å². The van der Waals surface area contributed by atoms with Crippen molar-refractivity contribution in [2.75, 3.05) is 11.9 Å². The van der Waals surface area contributed by atoms with Crippen molar-refractivity contribution in [2.24, 2.45) is 0 Å². The molecule has 0 spiro atoms. The van der Waals surface area contributed by atoms with Crippen molar-refractivity contribution in [1.29, 1.82) is 0 Å². The molecule has 1 aromatic rings. The molecule has 7 heteroatoms. The summed E-state index contributed by atoms with van der Waals surface area (Å²) in [7, 11) is 0. The van der Waals surface area contributed by atoms with Crippen LogP contribution in [0, 0.1) is 0 Å². The molecule has 1 amide bonds. The second kappa shape index (κ2) is 5.08. The van der Waals surface area contributed by atoms with Crippen LogP contribution in [0.3, 0.4) is 0 Å². The second-order valence-corrected chi connectivity index (χ2v) is 4.37. The highest BCUT2D eigenvalue weighted by Crippen LogP contribution is 2.34. The van der Waals surface area contributed by atoms with Gasteiger partial charge in [0.1, 0.15) is 5.75 Å². The maximum absolute atomic E-state index is 12.5. The molecule has 0 bridgehead atoms. The summed E-state index contributed by atoms with van der Waals surface area (Å²) in [6, 6.07) is 1.98. The summed E-state index contributed by atoms with van der Waals surface area (Å²) >= 11 is 0. The van der Waals surface area contributed by atoms with Gasteiger partial charge >= 0.3 is 6.18 Å². The smallest absolute Gasteiger partial charge is 0.416 e. The molecule has 1 saturated heterocycles. The van der Waals surface area contributed by atoms with Crippen LogP contribution in [0.25, 0.3) is 0 Å². The minimum Gasteiger partial charge on any atom is -0.506 e. The van der Waals surface area contributed by atoms with Gasteiger partial charge in [-0.3, -0.25) is 4.79 Å². The molecule has 1 fully saturated rings. The largest absolute Gasteiger partial charge is 0.506 e. The lowest BCUT2D eigenvalue weighted by atomic mass is 10.1. The highest BCUT2D eigenvalue weighted by atomic mass is 19.4. The summed E-state index contributed by atoms with van der Waals surface area (Å²) in [6.45, 7) is 0.701. The van der Waals surface area contributed by atoms with E-state index in [-0.39, 0.29) is 11.4 Å². The van der Waals surface area contributed by atoms with Crippen molar-refractivity contribution in [3.05, 3.63) is 23.8 Å². The fraction of sp³-hybridized carbons (Fsp3) is 0.417. The van der Waals surface area contributed by atoms with E-state index in [1.54, 1.807) is 0 Å². The lowest BCUT2D eigenvalue weighted by molar-refractivity contribution is -0.137. The van der Waals surface area contributed by atoms with Gasteiger partial charge in [0.2, 0.25) is 5.91 Å². The summed E-state index contributed by atoms with van der Waals surface area (Å²) in [6.07, 6.45) is -3.04. The summed E-state index contributed by atoms with van der Waals surface area (Å²) in [5, 5.41) is 14.7. The van der Waals surface area contributed by atoms with Crippen LogP contribution < -0.4 is 10.6 Å². The number of amides is 1. The number of aromatic hydroxyl groups is 1. The number of alkyl halides is 3. The molecular weight excluding hydrogens is 261 g/mol. The number of phenols is 1. The number of hydrogen-bond donors (Lipinski definition) is 3. The van der Waals surface area contributed by atoms with Gasteiger partial charge in [-0.15, -0.1) is 0 Å². The van der Waals surface area contributed by atoms with Crippen molar-refractivity contribution in [2.45, 2.75) is 25.1 Å². The van der Waals surface area contributed by atoms with Gasteiger partial charge in [0, 0.05) is 0 Å². The first kappa shape index (κ1) is 13.7. The van der Waals surface area contributed by atoms with Crippen LogP contribution in [0.1, 0.15) is 18.4 Å². The molecule has 1 aliphatic rings. The van der Waals surface area contributed by atoms with Gasteiger partial charge in [0.15, 0.2) is 0 Å². The molecule has 0 aromatic heterocycles. The van der Waals surface area contributed by atoms with E-state index in [9.17, 15) is 23.1 Å². The van der Waals surface area contributed by atoms with Crippen LogP contribution in [-0.2, 0) is 11.0 Å². The average molecular weight is 274 g/mol. The number of nitrogens with one attached hydrogen (secondary N) is 2. The molecule has 1 atom stereocenters. The molecular formula is C12H13F3N2O2. The van der Waals surface area contributed by atoms with E-state index >= 15 is 0 Å². The van der Waals surface area contributed by atoms with E-state index < -0.39 is 23.7 Å². The fourth-order valence-corrected chi connectivity index (χ4v) is 1.94. The minimum atomic E-state index is -4.52. The zero-order valence-electron chi connectivity index (χ0n) is 9.92. The van der Waals surface area contributed by atoms with Crippen molar-refractivity contribution in [3.8, 4) is 5.75 Å². The Bertz CT molecular complexity index is 482. The third-order valence-electron chi connectivity index (χ3n) is 2.96. The van der Waals surface area contributed by atoms with Gasteiger partial charge in [-0.1, -0.05) is 0 Å². The van der Waals surface area contributed by atoms with Gasteiger partial charge in [0.25, 0.3) is 0 Å². The van der Waals surface area contributed by atoms with Crippen LogP contribution in [0.15, 0.2) is 18.2 Å². The summed E-state index contributed by atoms with van der Waals surface area (Å²) in [4.78, 5) is 11.8. The Kier molecular flexibility index (Phi) is 3.66. The minimum absolute atomic E-state index is 0.228. The summed E-state index contributed by atoms with van der Waals surface area (Å²) in [5.74, 6) is -0.827. The lowest BCUT2D eigenvalue weighted by Crippen LogP contribution is -2.35. The number of carbonyl (C=O) groups excluding carboxylic acids is 1. The molecule has 1 unspecified atom stereocenters. The number of benzene rings is 1. The molecule has 1 aliphatic heterocycles. The molecule has 0 radical (unpaired) electrons. The number of halogens is 3. The standard InChI is InChI=1S/C12H13F3N2O2/c13-12(14,15)7-3-4-10(18)9(6-7)17-11(19)8-2-1-5-16-8/h3-4,6,8,16,18H,1-2,5H2,(H,17,19). The van der Waals surface area contributed by atoms with Gasteiger partial charge in [0.05, 0.1) is 17.3 Å². The SMILES string of the molecule is O=C(Nc1cc(C(F)(F)F)ccc1O)C1CCCN1. The quantitative estimate of drug-likeness (QED) is 0.724. The topological polar surface area (TPSA) is 61.4 Å². The number of phenolic OH excluding ortho intramolecular Hbond substituents is 1. The highest BCUT2D eigenvalue weighted by molar-refractivity contribution is 5.96. The zero-order valence-corrected chi connectivity index (χ0v) is 9.92. The van der Waals surface area contributed by atoms with Crippen LogP contribution in [0.4, 0.5) is 18.9 Å². The molecule has 0 saturated carbocycles. The Labute approximate surface area is 107 Å². The van der Waals surface area contributed by atoms with Crippen molar-refractivity contribution in [3.63, 3.8) is 0 Å². The Morgan fingerprint density at radius 3 is 2.74 bits per heavy atom. The van der Waals surface area contributed by atoms with Gasteiger partial charge in [-0.2, -0.15) is 13.2 Å². The van der Waals surface area contributed by atoms with Crippen molar-refractivity contribution >= 4 is 11.6 Å². The van der Waals surface area contributed by atoms with Crippen LogP contribution in [0.2, 0.25) is 0 Å². The molecule has 0 aliphatic carbocycles. The predicted molar refractivity (Wildman–Crippen MR) is 62.8 cm³/mol. The van der Waals surface area contributed by atoms with Crippen molar-refractivity contribution < 1.29 is 23.1 Å².